The van der Waals surface area contributed by atoms with Crippen LogP contribution in [0.3, 0.4) is 0 Å². The van der Waals surface area contributed by atoms with Crippen LogP contribution in [0.2, 0.25) is 0 Å². The van der Waals surface area contributed by atoms with E-state index in [4.69, 9.17) is 19.7 Å². The van der Waals surface area contributed by atoms with Crippen molar-refractivity contribution in [2.24, 2.45) is 0 Å². The van der Waals surface area contributed by atoms with E-state index in [1.165, 1.54) is 6.20 Å². The number of hydrogen-bond acceptors (Lipinski definition) is 5. The van der Waals surface area contributed by atoms with E-state index in [0.29, 0.717) is 5.56 Å². The van der Waals surface area contributed by atoms with Crippen LogP contribution >= 0.6 is 0 Å². The third-order valence-corrected chi connectivity index (χ3v) is 3.22. The van der Waals surface area contributed by atoms with Crippen LogP contribution in [0.5, 0.6) is 0 Å². The molecule has 150 valence electrons. The highest BCUT2D eigenvalue weighted by Crippen LogP contribution is 2.21. The van der Waals surface area contributed by atoms with Crippen molar-refractivity contribution in [3.8, 4) is 0 Å². The van der Waals surface area contributed by atoms with E-state index in [0.717, 1.165) is 5.56 Å². The summed E-state index contributed by atoms with van der Waals surface area (Å²) in [5.74, 6) is -5.22. The first kappa shape index (κ1) is 22.6. The minimum absolute atomic E-state index is 0.121. The molecule has 2 rings (SSSR count). The highest BCUT2D eigenvalue weighted by molar-refractivity contribution is 5.83. The van der Waals surface area contributed by atoms with Crippen LogP contribution in [-0.2, 0) is 25.7 Å². The van der Waals surface area contributed by atoms with Crippen LogP contribution in [0.4, 0.5) is 13.2 Å². The number of halogens is 3. The van der Waals surface area contributed by atoms with Crippen molar-refractivity contribution in [2.45, 2.75) is 25.1 Å². The molecular weight excluding hydrogens is 383 g/mol. The number of carboxylic acids is 2. The number of benzene rings is 1. The van der Waals surface area contributed by atoms with Crippen molar-refractivity contribution < 1.29 is 42.5 Å². The van der Waals surface area contributed by atoms with Gasteiger partial charge in [0.15, 0.2) is 0 Å². The number of aromatic nitrogens is 1. The molecule has 0 aliphatic carbocycles. The summed E-state index contributed by atoms with van der Waals surface area (Å²) in [5.41, 5.74) is 1.39. The fourth-order valence-corrected chi connectivity index (χ4v) is 1.92. The van der Waals surface area contributed by atoms with Gasteiger partial charge in [-0.3, -0.25) is 14.6 Å². The molecule has 1 aromatic carbocycles. The van der Waals surface area contributed by atoms with Crippen LogP contribution in [0.15, 0.2) is 54.9 Å². The Kier molecular flexibility index (Phi) is 8.60. The summed E-state index contributed by atoms with van der Waals surface area (Å²) in [7, 11) is 0. The van der Waals surface area contributed by atoms with E-state index in [1.54, 1.807) is 18.3 Å². The quantitative estimate of drug-likeness (QED) is 0.718. The third kappa shape index (κ3) is 8.30. The molecule has 1 aromatic heterocycles. The summed E-state index contributed by atoms with van der Waals surface area (Å²) in [5, 5.41) is 16.1. The number of nitrogens with zero attached hydrogens (tertiary/aromatic N) is 1. The zero-order valence-electron chi connectivity index (χ0n) is 14.3. The molecule has 1 heterocycles. The Labute approximate surface area is 157 Å². The fourth-order valence-electron chi connectivity index (χ4n) is 1.92. The molecule has 0 aliphatic rings. The van der Waals surface area contributed by atoms with Gasteiger partial charge in [0.1, 0.15) is 6.61 Å². The smallest absolute Gasteiger partial charge is 0.481 e. The van der Waals surface area contributed by atoms with Crippen LogP contribution in [0.25, 0.3) is 0 Å². The fraction of sp³-hybridized carbons (Fsp3) is 0.222. The van der Waals surface area contributed by atoms with Gasteiger partial charge in [0, 0.05) is 12.4 Å². The van der Waals surface area contributed by atoms with Gasteiger partial charge in [0.2, 0.25) is 0 Å². The topological polar surface area (TPSA) is 114 Å². The summed E-state index contributed by atoms with van der Waals surface area (Å²) in [6, 6.07) is 12.6. The molecule has 0 aliphatic heterocycles. The predicted octanol–water partition coefficient (Wildman–Crippen LogP) is 3.02. The first-order valence-electron chi connectivity index (χ1n) is 7.73. The number of rotatable bonds is 6. The van der Waals surface area contributed by atoms with E-state index in [2.05, 4.69) is 4.98 Å². The second kappa shape index (κ2) is 10.7. The Balaban J connectivity index is 0.000000480. The van der Waals surface area contributed by atoms with Crippen LogP contribution in [-0.4, -0.2) is 39.3 Å². The molecule has 0 bridgehead atoms. The molecule has 0 radical (unpaired) electrons. The maximum absolute atomic E-state index is 12.1. The van der Waals surface area contributed by atoms with Gasteiger partial charge in [0.25, 0.3) is 0 Å². The summed E-state index contributed by atoms with van der Waals surface area (Å²) in [6.45, 7) is 0.121. The van der Waals surface area contributed by atoms with E-state index in [-0.39, 0.29) is 13.0 Å². The van der Waals surface area contributed by atoms with Crippen molar-refractivity contribution in [2.75, 3.05) is 0 Å². The molecule has 28 heavy (non-hydrogen) atoms. The average molecular weight is 399 g/mol. The lowest BCUT2D eigenvalue weighted by molar-refractivity contribution is -0.192. The Morgan fingerprint density at radius 2 is 1.64 bits per heavy atom. The maximum Gasteiger partial charge on any atom is 0.490 e. The Morgan fingerprint density at radius 1 is 1.04 bits per heavy atom. The Morgan fingerprint density at radius 3 is 2.11 bits per heavy atom. The number of alkyl halides is 3. The number of carboxylic acid groups (broad SMARTS) is 2. The van der Waals surface area contributed by atoms with Crippen LogP contribution in [0, 0.1) is 0 Å². The molecule has 0 saturated heterocycles. The lowest BCUT2D eigenvalue weighted by Crippen LogP contribution is -2.21. The molecule has 0 spiro atoms. The normalized spacial score (nSPS) is 11.5. The van der Waals surface area contributed by atoms with Crippen molar-refractivity contribution in [3.63, 3.8) is 0 Å². The number of aliphatic carboxylic acids is 2. The summed E-state index contributed by atoms with van der Waals surface area (Å²) in [4.78, 5) is 35.9. The molecule has 0 fully saturated rings. The lowest BCUT2D eigenvalue weighted by Gasteiger charge is -2.14. The summed E-state index contributed by atoms with van der Waals surface area (Å²) in [6.07, 6.45) is -2.35. The molecule has 10 heteroatoms. The van der Waals surface area contributed by atoms with Gasteiger partial charge in [-0.25, -0.2) is 4.79 Å². The predicted molar refractivity (Wildman–Crippen MR) is 89.2 cm³/mol. The zero-order valence-corrected chi connectivity index (χ0v) is 14.3. The highest BCUT2D eigenvalue weighted by Gasteiger charge is 2.38. The first-order chi connectivity index (χ1) is 13.1. The van der Waals surface area contributed by atoms with Gasteiger partial charge in [-0.15, -0.1) is 0 Å². The van der Waals surface area contributed by atoms with Crippen molar-refractivity contribution >= 4 is 17.9 Å². The number of esters is 1. The maximum atomic E-state index is 12.1. The van der Waals surface area contributed by atoms with Crippen molar-refractivity contribution in [1.29, 1.82) is 0 Å². The van der Waals surface area contributed by atoms with E-state index in [9.17, 15) is 22.8 Å². The molecule has 2 N–H and O–H groups in total. The SMILES string of the molecule is O=C(O)C(F)(F)F.O=C(O)CC(C(=O)OCc1ccccc1)c1cccnc1. The minimum Gasteiger partial charge on any atom is -0.481 e. The van der Waals surface area contributed by atoms with E-state index < -0.39 is 30.0 Å². The molecule has 0 saturated carbocycles. The molecule has 7 nitrogen and oxygen atoms in total. The van der Waals surface area contributed by atoms with Gasteiger partial charge in [-0.2, -0.15) is 13.2 Å². The van der Waals surface area contributed by atoms with Gasteiger partial charge < -0.3 is 14.9 Å². The summed E-state index contributed by atoms with van der Waals surface area (Å²) < 4.78 is 37.0. The Bertz CT molecular complexity index is 781. The van der Waals surface area contributed by atoms with Gasteiger partial charge in [0.05, 0.1) is 12.3 Å². The van der Waals surface area contributed by atoms with E-state index in [1.807, 2.05) is 30.3 Å². The number of carbonyl (C=O) groups excluding carboxylic acids is 1. The molecule has 1 atom stereocenters. The largest absolute Gasteiger partial charge is 0.490 e. The van der Waals surface area contributed by atoms with Gasteiger partial charge in [-0.1, -0.05) is 36.4 Å². The van der Waals surface area contributed by atoms with Crippen molar-refractivity contribution in [1.82, 2.24) is 4.98 Å². The monoisotopic (exact) mass is 399 g/mol. The number of carbonyl (C=O) groups is 3. The second-order valence-electron chi connectivity index (χ2n) is 5.33. The second-order valence-corrected chi connectivity index (χ2v) is 5.33. The molecule has 0 amide bonds. The first-order valence-corrected chi connectivity index (χ1v) is 7.73. The zero-order chi connectivity index (χ0) is 21.2. The van der Waals surface area contributed by atoms with Crippen LogP contribution < -0.4 is 0 Å². The molecular formula is C18H16F3NO6. The molecule has 2 aromatic rings. The average Bonchev–Trinajstić information content (AvgIpc) is 2.65. The standard InChI is InChI=1S/C16H15NO4.C2HF3O2/c18-15(19)9-14(13-7-4-8-17-10-13)16(20)21-11-12-5-2-1-3-6-12;3-2(4,5)1(6)7/h1-8,10,14H,9,11H2,(H,18,19);(H,6,7). The van der Waals surface area contributed by atoms with Crippen LogP contribution in [0.1, 0.15) is 23.5 Å². The number of hydrogen-bond donors (Lipinski definition) is 2. The summed E-state index contributed by atoms with van der Waals surface area (Å²) >= 11 is 0. The highest BCUT2D eigenvalue weighted by atomic mass is 19.4. The molecule has 1 unspecified atom stereocenters. The van der Waals surface area contributed by atoms with E-state index >= 15 is 0 Å². The van der Waals surface area contributed by atoms with Gasteiger partial charge in [-0.05, 0) is 17.2 Å². The van der Waals surface area contributed by atoms with Crippen molar-refractivity contribution in [3.05, 3.63) is 66.0 Å². The lowest BCUT2D eigenvalue weighted by atomic mass is 9.97. The number of ether oxygens (including phenoxy) is 1. The third-order valence-electron chi connectivity index (χ3n) is 3.22. The minimum atomic E-state index is -5.08. The van der Waals surface area contributed by atoms with Gasteiger partial charge >= 0.3 is 24.1 Å². The Hall–Kier alpha value is -3.43. The number of pyridine rings is 1.